The normalized spacial score (nSPS) is 17.2. The number of aromatic nitrogens is 1. The number of nitrogens with zero attached hydrogens (tertiary/aromatic N) is 1. The molecule has 1 saturated carbocycles. The second kappa shape index (κ2) is 7.02. The van der Waals surface area contributed by atoms with Crippen molar-refractivity contribution in [2.24, 2.45) is 0 Å². The topological polar surface area (TPSA) is 77.2 Å². The molecule has 0 bridgehead atoms. The largest absolute Gasteiger partial charge is 0.465 e. The van der Waals surface area contributed by atoms with E-state index in [9.17, 15) is 4.79 Å². The summed E-state index contributed by atoms with van der Waals surface area (Å²) in [5.74, 6) is 0.235. The number of carbonyl (C=O) groups is 1. The van der Waals surface area contributed by atoms with Crippen LogP contribution in [0.1, 0.15) is 42.5 Å². The molecule has 0 aromatic carbocycles. The fourth-order valence-electron chi connectivity index (χ4n) is 2.75. The first-order valence-electron chi connectivity index (χ1n) is 7.23. The smallest absolute Gasteiger partial charge is 0.340 e. The number of carbonyl (C=O) groups excluding carboxylic acids is 1. The molecule has 1 fully saturated rings. The Morgan fingerprint density at radius 2 is 2.19 bits per heavy atom. The Bertz CT molecular complexity index is 502. The molecule has 0 saturated heterocycles. The van der Waals surface area contributed by atoms with Crippen LogP contribution in [-0.4, -0.2) is 35.6 Å². The Morgan fingerprint density at radius 3 is 2.81 bits per heavy atom. The third-order valence-electron chi connectivity index (χ3n) is 4.13. The summed E-state index contributed by atoms with van der Waals surface area (Å²) in [4.78, 5) is 15.9. The summed E-state index contributed by atoms with van der Waals surface area (Å²) in [6.07, 6.45) is 10.0. The van der Waals surface area contributed by atoms with Crippen LogP contribution in [0.3, 0.4) is 0 Å². The van der Waals surface area contributed by atoms with Crippen molar-refractivity contribution in [3.8, 4) is 0 Å². The van der Waals surface area contributed by atoms with Gasteiger partial charge in [-0.25, -0.2) is 9.78 Å². The van der Waals surface area contributed by atoms with E-state index in [2.05, 4.69) is 16.6 Å². The number of nitrogen functional groups attached to an aromatic ring is 1. The summed E-state index contributed by atoms with van der Waals surface area (Å²) >= 11 is 1.92. The minimum Gasteiger partial charge on any atom is -0.465 e. The zero-order chi connectivity index (χ0) is 15.3. The van der Waals surface area contributed by atoms with Gasteiger partial charge < -0.3 is 15.8 Å². The molecular formula is C15H23N3O2S. The van der Waals surface area contributed by atoms with Crippen LogP contribution < -0.4 is 11.1 Å². The molecular weight excluding hydrogens is 286 g/mol. The number of ether oxygens (including phenoxy) is 1. The minimum absolute atomic E-state index is 0.271. The van der Waals surface area contributed by atoms with Gasteiger partial charge >= 0.3 is 5.97 Å². The maximum atomic E-state index is 11.6. The van der Waals surface area contributed by atoms with E-state index >= 15 is 0 Å². The van der Waals surface area contributed by atoms with E-state index in [0.29, 0.717) is 17.1 Å². The molecule has 2 rings (SSSR count). The lowest BCUT2D eigenvalue weighted by molar-refractivity contribution is 0.0602. The fourth-order valence-corrected chi connectivity index (χ4v) is 3.66. The highest BCUT2D eigenvalue weighted by molar-refractivity contribution is 8.00. The zero-order valence-electron chi connectivity index (χ0n) is 12.6. The van der Waals surface area contributed by atoms with E-state index < -0.39 is 5.97 Å². The van der Waals surface area contributed by atoms with Gasteiger partial charge in [0.1, 0.15) is 5.82 Å². The van der Waals surface area contributed by atoms with Gasteiger partial charge in [0.15, 0.2) is 0 Å². The first kappa shape index (κ1) is 15.9. The van der Waals surface area contributed by atoms with E-state index in [4.69, 9.17) is 10.5 Å². The molecule has 1 aromatic heterocycles. The highest BCUT2D eigenvalue weighted by Crippen LogP contribution is 2.38. The van der Waals surface area contributed by atoms with E-state index in [-0.39, 0.29) is 4.75 Å². The molecule has 0 spiro atoms. The van der Waals surface area contributed by atoms with E-state index in [0.717, 1.165) is 6.54 Å². The molecule has 21 heavy (non-hydrogen) atoms. The molecule has 0 atom stereocenters. The lowest BCUT2D eigenvalue weighted by Crippen LogP contribution is -2.35. The monoisotopic (exact) mass is 309 g/mol. The van der Waals surface area contributed by atoms with Crippen molar-refractivity contribution in [1.82, 2.24) is 4.98 Å². The Balaban J connectivity index is 2.07. The summed E-state index contributed by atoms with van der Waals surface area (Å²) in [5, 5.41) is 3.36. The van der Waals surface area contributed by atoms with Crippen molar-refractivity contribution < 1.29 is 9.53 Å². The molecule has 1 aliphatic rings. The molecule has 0 amide bonds. The van der Waals surface area contributed by atoms with Gasteiger partial charge in [-0.3, -0.25) is 0 Å². The van der Waals surface area contributed by atoms with Crippen molar-refractivity contribution in [3.63, 3.8) is 0 Å². The van der Waals surface area contributed by atoms with Crippen molar-refractivity contribution in [3.05, 3.63) is 17.8 Å². The van der Waals surface area contributed by atoms with Crippen LogP contribution in [0, 0.1) is 0 Å². The van der Waals surface area contributed by atoms with Crippen molar-refractivity contribution in [2.45, 2.75) is 36.9 Å². The number of esters is 1. The van der Waals surface area contributed by atoms with Crippen LogP contribution in [0.5, 0.6) is 0 Å². The number of pyridine rings is 1. The Hall–Kier alpha value is -1.43. The van der Waals surface area contributed by atoms with Gasteiger partial charge in [0.25, 0.3) is 0 Å². The van der Waals surface area contributed by atoms with Crippen LogP contribution in [0.4, 0.5) is 11.5 Å². The standard InChI is InChI=1S/C15H23N3O2S/c1-20-14(19)11-8-13(17-9-12(11)16)18-10-15(21-2)6-4-3-5-7-15/h8-9H,3-7,10,16H2,1-2H3,(H,17,18). The number of hydrogen-bond acceptors (Lipinski definition) is 6. The van der Waals surface area contributed by atoms with Crippen LogP contribution in [0.25, 0.3) is 0 Å². The van der Waals surface area contributed by atoms with Gasteiger partial charge in [-0.05, 0) is 25.2 Å². The maximum absolute atomic E-state index is 11.6. The number of anilines is 2. The highest BCUT2D eigenvalue weighted by Gasteiger charge is 2.31. The molecule has 0 radical (unpaired) electrons. The summed E-state index contributed by atoms with van der Waals surface area (Å²) in [7, 11) is 1.35. The van der Waals surface area contributed by atoms with Crippen LogP contribution >= 0.6 is 11.8 Å². The second-order valence-corrected chi connectivity index (χ2v) is 6.72. The molecule has 1 aromatic rings. The number of rotatable bonds is 5. The van der Waals surface area contributed by atoms with Crippen LogP contribution in [0.2, 0.25) is 0 Å². The Morgan fingerprint density at radius 1 is 1.48 bits per heavy atom. The molecule has 116 valence electrons. The predicted octanol–water partition coefficient (Wildman–Crippen LogP) is 2.93. The van der Waals surface area contributed by atoms with Crippen molar-refractivity contribution in [2.75, 3.05) is 31.0 Å². The number of hydrogen-bond donors (Lipinski definition) is 2. The Kier molecular flexibility index (Phi) is 5.33. The van der Waals surface area contributed by atoms with Crippen molar-refractivity contribution in [1.29, 1.82) is 0 Å². The quantitative estimate of drug-likeness (QED) is 0.814. The molecule has 5 nitrogen and oxygen atoms in total. The SMILES string of the molecule is COC(=O)c1cc(NCC2(SC)CCCCC2)ncc1N. The van der Waals surface area contributed by atoms with Crippen LogP contribution in [-0.2, 0) is 4.74 Å². The van der Waals surface area contributed by atoms with Gasteiger partial charge in [0, 0.05) is 11.3 Å². The third kappa shape index (κ3) is 3.81. The number of nitrogens with one attached hydrogen (secondary N) is 1. The van der Waals surface area contributed by atoms with Gasteiger partial charge in [0.05, 0.1) is 24.6 Å². The van der Waals surface area contributed by atoms with Gasteiger partial charge in [-0.1, -0.05) is 19.3 Å². The van der Waals surface area contributed by atoms with E-state index in [1.54, 1.807) is 6.07 Å². The third-order valence-corrected chi connectivity index (χ3v) is 5.55. The maximum Gasteiger partial charge on any atom is 0.340 e. The molecule has 6 heteroatoms. The lowest BCUT2D eigenvalue weighted by atomic mass is 9.88. The molecule has 0 aliphatic heterocycles. The van der Waals surface area contributed by atoms with Crippen LogP contribution in [0.15, 0.2) is 12.3 Å². The first-order valence-corrected chi connectivity index (χ1v) is 8.45. The van der Waals surface area contributed by atoms with E-state index in [1.807, 2.05) is 11.8 Å². The summed E-state index contributed by atoms with van der Waals surface area (Å²) < 4.78 is 5.00. The van der Waals surface area contributed by atoms with Gasteiger partial charge in [-0.15, -0.1) is 0 Å². The molecule has 0 unspecified atom stereocenters. The zero-order valence-corrected chi connectivity index (χ0v) is 13.5. The summed E-state index contributed by atoms with van der Waals surface area (Å²) in [6, 6.07) is 1.66. The average molecular weight is 309 g/mol. The first-order chi connectivity index (χ1) is 10.1. The average Bonchev–Trinajstić information content (AvgIpc) is 2.54. The van der Waals surface area contributed by atoms with Gasteiger partial charge in [-0.2, -0.15) is 11.8 Å². The number of thioether (sulfide) groups is 1. The lowest BCUT2D eigenvalue weighted by Gasteiger charge is -2.36. The predicted molar refractivity (Wildman–Crippen MR) is 87.8 cm³/mol. The number of nitrogens with two attached hydrogens (primary N) is 1. The summed E-state index contributed by atoms with van der Waals surface area (Å²) in [6.45, 7) is 0.853. The highest BCUT2D eigenvalue weighted by atomic mass is 32.2. The fraction of sp³-hybridized carbons (Fsp3) is 0.600. The van der Waals surface area contributed by atoms with E-state index in [1.165, 1.54) is 45.4 Å². The Labute approximate surface area is 130 Å². The molecule has 3 N–H and O–H groups in total. The molecule has 1 aliphatic carbocycles. The van der Waals surface area contributed by atoms with Crippen molar-refractivity contribution >= 4 is 29.2 Å². The van der Waals surface area contributed by atoms with Gasteiger partial charge in [0.2, 0.25) is 0 Å². The second-order valence-electron chi connectivity index (χ2n) is 5.45. The molecule has 1 heterocycles. The number of methoxy groups -OCH3 is 1. The minimum atomic E-state index is -0.435. The summed E-state index contributed by atoms with van der Waals surface area (Å²) in [5.41, 5.74) is 6.46.